The second-order valence-electron chi connectivity index (χ2n) is 11.8. The number of rotatable bonds is 11. The minimum atomic E-state index is -0.976. The van der Waals surface area contributed by atoms with Gasteiger partial charge < -0.3 is 20.1 Å². The third-order valence-electron chi connectivity index (χ3n) is 8.79. The van der Waals surface area contributed by atoms with E-state index in [-0.39, 0.29) is 23.8 Å². The Morgan fingerprint density at radius 3 is 2.48 bits per heavy atom. The molecule has 1 saturated carbocycles. The summed E-state index contributed by atoms with van der Waals surface area (Å²) in [5.41, 5.74) is 4.85. The maximum Gasteiger partial charge on any atom is 0.408 e. The highest BCUT2D eigenvalue weighted by molar-refractivity contribution is 9.10. The molecule has 2 amide bonds. The summed E-state index contributed by atoms with van der Waals surface area (Å²) in [7, 11) is 0. The molecule has 2 atom stereocenters. The van der Waals surface area contributed by atoms with Crippen molar-refractivity contribution in [2.24, 2.45) is 0 Å². The summed E-state index contributed by atoms with van der Waals surface area (Å²) in [4.78, 5) is 30.3. The second-order valence-corrected chi connectivity index (χ2v) is 12.7. The zero-order valence-corrected chi connectivity index (χ0v) is 26.1. The van der Waals surface area contributed by atoms with Crippen molar-refractivity contribution in [2.75, 3.05) is 26.2 Å². The molecular weight excluding hydrogens is 625 g/mol. The van der Waals surface area contributed by atoms with Crippen molar-refractivity contribution >= 4 is 33.5 Å². The molecule has 3 aromatic carbocycles. The molecule has 3 aliphatic rings. The minimum Gasteiger partial charge on any atom is -0.492 e. The van der Waals surface area contributed by atoms with Crippen molar-refractivity contribution < 1.29 is 23.8 Å². The first-order chi connectivity index (χ1) is 21.4. The molecule has 6 rings (SSSR count). The summed E-state index contributed by atoms with van der Waals surface area (Å²) in [5.74, 6) is 0.110. The predicted molar refractivity (Wildman–Crippen MR) is 171 cm³/mol. The van der Waals surface area contributed by atoms with Gasteiger partial charge in [0.05, 0.1) is 23.2 Å². The van der Waals surface area contributed by atoms with Crippen LogP contribution in [0.3, 0.4) is 0 Å². The molecule has 0 unspecified atom stereocenters. The first kappa shape index (κ1) is 30.3. The summed E-state index contributed by atoms with van der Waals surface area (Å²) in [6.45, 7) is 2.04. The van der Waals surface area contributed by atoms with Gasteiger partial charge in [0.25, 0.3) is 5.91 Å². The van der Waals surface area contributed by atoms with E-state index in [4.69, 9.17) is 4.74 Å². The van der Waals surface area contributed by atoms with Gasteiger partial charge in [0.2, 0.25) is 0 Å². The van der Waals surface area contributed by atoms with Crippen LogP contribution in [0.2, 0.25) is 0 Å². The van der Waals surface area contributed by atoms with Crippen LogP contribution in [0.25, 0.3) is 5.57 Å². The molecule has 2 bridgehead atoms. The van der Waals surface area contributed by atoms with Crippen molar-refractivity contribution in [1.82, 2.24) is 15.1 Å². The van der Waals surface area contributed by atoms with Crippen LogP contribution in [-0.4, -0.2) is 71.3 Å². The number of benzene rings is 3. The lowest BCUT2D eigenvalue weighted by Gasteiger charge is -2.47. The van der Waals surface area contributed by atoms with Crippen LogP contribution in [0.1, 0.15) is 42.4 Å². The molecule has 0 radical (unpaired) electrons. The van der Waals surface area contributed by atoms with E-state index in [9.17, 15) is 19.1 Å². The van der Waals surface area contributed by atoms with Crippen molar-refractivity contribution in [3.05, 3.63) is 105 Å². The fraction of sp³-hybridized carbons (Fsp3) is 0.371. The van der Waals surface area contributed by atoms with E-state index in [2.05, 4.69) is 57.6 Å². The van der Waals surface area contributed by atoms with Gasteiger partial charge in [-0.1, -0.05) is 54.6 Å². The number of fused-ring (bicyclic) bond motifs is 2. The number of ether oxygens (including phenoxy) is 1. The molecule has 2 fully saturated rings. The number of amides is 2. The molecular formula is C35H37BrFN3O4. The van der Waals surface area contributed by atoms with E-state index in [0.717, 1.165) is 53.3 Å². The Kier molecular flexibility index (Phi) is 9.33. The lowest BCUT2D eigenvalue weighted by atomic mass is 9.81. The number of nitrogens with one attached hydrogen (secondary N) is 1. The number of piperazine rings is 1. The standard InChI is InChI=1S/C35H37BrFN3O4/c36-30-15-12-26(37)19-32(30)44-18-4-7-24-8-10-25(11-9-24)29-20-28-21-38-22-31(40(28)35(42)43)33(29)34(41)39(27-13-14-27)17-16-23-5-2-1-3-6-23/h1-3,5-6,8-12,15,19,27-28,31,38H,4,7,13-14,16-18,20-22H2,(H,42,43)/t28-,31-/m1/s1. The summed E-state index contributed by atoms with van der Waals surface area (Å²) < 4.78 is 20.0. The molecule has 3 aromatic rings. The molecule has 0 spiro atoms. The molecule has 44 heavy (non-hydrogen) atoms. The summed E-state index contributed by atoms with van der Waals surface area (Å²) in [5, 5.41) is 13.6. The monoisotopic (exact) mass is 661 g/mol. The highest BCUT2D eigenvalue weighted by Crippen LogP contribution is 2.39. The van der Waals surface area contributed by atoms with E-state index in [1.807, 2.05) is 23.1 Å². The molecule has 2 heterocycles. The van der Waals surface area contributed by atoms with E-state index >= 15 is 0 Å². The second kappa shape index (κ2) is 13.5. The molecule has 0 aromatic heterocycles. The highest BCUT2D eigenvalue weighted by Gasteiger charge is 2.46. The molecule has 1 saturated heterocycles. The molecule has 1 aliphatic carbocycles. The van der Waals surface area contributed by atoms with Crippen molar-refractivity contribution in [3.63, 3.8) is 0 Å². The number of carbonyl (C=O) groups is 2. The zero-order valence-electron chi connectivity index (χ0n) is 24.6. The summed E-state index contributed by atoms with van der Waals surface area (Å²) in [6, 6.07) is 22.3. The number of nitrogens with zero attached hydrogens (tertiary/aromatic N) is 2. The molecule has 7 nitrogen and oxygen atoms in total. The molecule has 2 N–H and O–H groups in total. The average Bonchev–Trinajstić information content (AvgIpc) is 3.86. The van der Waals surface area contributed by atoms with E-state index < -0.39 is 12.1 Å². The quantitative estimate of drug-likeness (QED) is 0.235. The summed E-state index contributed by atoms with van der Waals surface area (Å²) in [6.07, 6.45) is 3.77. The van der Waals surface area contributed by atoms with Gasteiger partial charge in [-0.25, -0.2) is 9.18 Å². The summed E-state index contributed by atoms with van der Waals surface area (Å²) >= 11 is 3.39. The van der Waals surface area contributed by atoms with Crippen molar-refractivity contribution in [2.45, 2.75) is 56.7 Å². The zero-order chi connectivity index (χ0) is 30.6. The fourth-order valence-corrected chi connectivity index (χ4v) is 6.80. The minimum absolute atomic E-state index is 0.0402. The molecule has 2 aliphatic heterocycles. The Morgan fingerprint density at radius 2 is 1.75 bits per heavy atom. The normalized spacial score (nSPS) is 19.5. The Balaban J connectivity index is 1.22. The van der Waals surface area contributed by atoms with Crippen LogP contribution >= 0.6 is 15.9 Å². The molecule has 9 heteroatoms. The number of halogens is 2. The fourth-order valence-electron chi connectivity index (χ4n) is 6.43. The lowest BCUT2D eigenvalue weighted by molar-refractivity contribution is -0.128. The van der Waals surface area contributed by atoms with Crippen LogP contribution < -0.4 is 10.1 Å². The van der Waals surface area contributed by atoms with Crippen LogP contribution in [0.4, 0.5) is 9.18 Å². The van der Waals surface area contributed by atoms with Gasteiger partial charge in [0.1, 0.15) is 11.6 Å². The number of hydrogen-bond donors (Lipinski definition) is 2. The van der Waals surface area contributed by atoms with Crippen LogP contribution in [-0.2, 0) is 17.6 Å². The van der Waals surface area contributed by atoms with Gasteiger partial charge >= 0.3 is 6.09 Å². The largest absolute Gasteiger partial charge is 0.492 e. The van der Waals surface area contributed by atoms with E-state index in [1.165, 1.54) is 22.6 Å². The smallest absolute Gasteiger partial charge is 0.408 e. The highest BCUT2D eigenvalue weighted by atomic mass is 79.9. The lowest BCUT2D eigenvalue weighted by Crippen LogP contribution is -2.63. The first-order valence-corrected chi connectivity index (χ1v) is 16.2. The Hall–Kier alpha value is -3.69. The van der Waals surface area contributed by atoms with Gasteiger partial charge in [-0.05, 0) is 88.9 Å². The van der Waals surface area contributed by atoms with Crippen molar-refractivity contribution in [3.8, 4) is 5.75 Å². The topological polar surface area (TPSA) is 82.1 Å². The SMILES string of the molecule is O=C(C1=C(c2ccc(CCCOc3cc(F)ccc3Br)cc2)C[C@@H]2CNC[C@H]1N2C(=O)O)N(CCc1ccccc1)C1CC1. The maximum absolute atomic E-state index is 14.4. The Bertz CT molecular complexity index is 1530. The van der Waals surface area contributed by atoms with Crippen LogP contribution in [0, 0.1) is 5.82 Å². The number of hydrogen-bond acceptors (Lipinski definition) is 4. The van der Waals surface area contributed by atoms with Gasteiger partial charge in [-0.2, -0.15) is 0 Å². The third-order valence-corrected chi connectivity index (χ3v) is 9.45. The van der Waals surface area contributed by atoms with Gasteiger partial charge in [0.15, 0.2) is 0 Å². The number of carbonyl (C=O) groups excluding carboxylic acids is 1. The van der Waals surface area contributed by atoms with Gasteiger partial charge in [-0.3, -0.25) is 9.69 Å². The molecule has 230 valence electrons. The number of aryl methyl sites for hydroxylation is 1. The average molecular weight is 663 g/mol. The van der Waals surface area contributed by atoms with Crippen LogP contribution in [0.15, 0.2) is 82.8 Å². The Morgan fingerprint density at radius 1 is 1.00 bits per heavy atom. The van der Waals surface area contributed by atoms with Gasteiger partial charge in [0, 0.05) is 37.3 Å². The van der Waals surface area contributed by atoms with Crippen LogP contribution in [0.5, 0.6) is 5.75 Å². The van der Waals surface area contributed by atoms with Crippen molar-refractivity contribution in [1.29, 1.82) is 0 Å². The predicted octanol–water partition coefficient (Wildman–Crippen LogP) is 6.31. The number of carboxylic acid groups (broad SMARTS) is 1. The third kappa shape index (κ3) is 6.84. The van der Waals surface area contributed by atoms with E-state index in [1.54, 1.807) is 6.07 Å². The Labute approximate surface area is 265 Å². The van der Waals surface area contributed by atoms with Gasteiger partial charge in [-0.15, -0.1) is 0 Å². The first-order valence-electron chi connectivity index (χ1n) is 15.4. The maximum atomic E-state index is 14.4. The van der Waals surface area contributed by atoms with E-state index in [0.29, 0.717) is 44.0 Å².